The molecule has 0 fully saturated rings. The molecule has 34 heavy (non-hydrogen) atoms. The van der Waals surface area contributed by atoms with E-state index in [-0.39, 0.29) is 28.7 Å². The zero-order valence-electron chi connectivity index (χ0n) is 18.3. The predicted molar refractivity (Wildman–Crippen MR) is 124 cm³/mol. The molecule has 1 atom stereocenters. The number of allylic oxidation sites excluding steroid dienone is 1. The van der Waals surface area contributed by atoms with Gasteiger partial charge in [0.2, 0.25) is 5.78 Å². The number of ketones is 1. The van der Waals surface area contributed by atoms with Gasteiger partial charge in [-0.1, -0.05) is 29.8 Å². The van der Waals surface area contributed by atoms with Gasteiger partial charge in [0.15, 0.2) is 17.3 Å². The number of halogens is 1. The Balaban J connectivity index is 1.62. The summed E-state index contributed by atoms with van der Waals surface area (Å²) in [6, 6.07) is 13.2. The van der Waals surface area contributed by atoms with Crippen molar-refractivity contribution < 1.29 is 33.6 Å². The lowest BCUT2D eigenvalue weighted by atomic mass is 9.84. The summed E-state index contributed by atoms with van der Waals surface area (Å²) in [6.45, 7) is 0. The topological polar surface area (TPSA) is 91.3 Å². The lowest BCUT2D eigenvalue weighted by Gasteiger charge is -2.26. The molecule has 172 valence electrons. The molecule has 0 saturated heterocycles. The number of phenolic OH excluding ortho intramolecular Hbond substituents is 1. The van der Waals surface area contributed by atoms with E-state index in [2.05, 4.69) is 0 Å². The molecule has 1 N–H and O–H groups in total. The molecule has 2 aliphatic rings. The Bertz CT molecular complexity index is 1380. The summed E-state index contributed by atoms with van der Waals surface area (Å²) in [5, 5.41) is 9.97. The van der Waals surface area contributed by atoms with Crippen LogP contribution in [0.1, 0.15) is 39.4 Å². The van der Waals surface area contributed by atoms with Gasteiger partial charge in [0.1, 0.15) is 17.2 Å². The molecule has 0 aromatic heterocycles. The number of phenols is 1. The number of methoxy groups -OCH3 is 2. The van der Waals surface area contributed by atoms with Gasteiger partial charge in [0, 0.05) is 17.0 Å². The maximum atomic E-state index is 13.2. The van der Waals surface area contributed by atoms with Crippen molar-refractivity contribution in [1.82, 2.24) is 0 Å². The van der Waals surface area contributed by atoms with Gasteiger partial charge < -0.3 is 24.1 Å². The van der Waals surface area contributed by atoms with Crippen molar-refractivity contribution in [2.24, 2.45) is 0 Å². The Morgan fingerprint density at radius 3 is 2.62 bits per heavy atom. The molecule has 5 rings (SSSR count). The van der Waals surface area contributed by atoms with Crippen molar-refractivity contribution in [1.29, 1.82) is 0 Å². The van der Waals surface area contributed by atoms with E-state index in [1.165, 1.54) is 20.3 Å². The Labute approximate surface area is 200 Å². The minimum Gasteiger partial charge on any atom is -0.506 e. The van der Waals surface area contributed by atoms with Crippen LogP contribution in [0.2, 0.25) is 5.02 Å². The third-order valence-electron chi connectivity index (χ3n) is 5.87. The highest BCUT2D eigenvalue weighted by Gasteiger charge is 2.38. The van der Waals surface area contributed by atoms with Gasteiger partial charge in [0.05, 0.1) is 31.2 Å². The highest BCUT2D eigenvalue weighted by atomic mass is 35.5. The molecule has 0 aliphatic carbocycles. The Kier molecular flexibility index (Phi) is 5.42. The van der Waals surface area contributed by atoms with Crippen LogP contribution < -0.4 is 18.9 Å². The summed E-state index contributed by atoms with van der Waals surface area (Å²) in [5.41, 5.74) is 2.24. The smallest absolute Gasteiger partial charge is 0.312 e. The van der Waals surface area contributed by atoms with Gasteiger partial charge in [-0.3, -0.25) is 9.59 Å². The first-order valence-electron chi connectivity index (χ1n) is 10.4. The number of esters is 1. The van der Waals surface area contributed by atoms with E-state index in [1.807, 2.05) is 0 Å². The van der Waals surface area contributed by atoms with E-state index < -0.39 is 11.9 Å². The second-order valence-corrected chi connectivity index (χ2v) is 8.23. The normalized spacial score (nSPS) is 17.6. The summed E-state index contributed by atoms with van der Waals surface area (Å²) < 4.78 is 22.3. The first-order chi connectivity index (χ1) is 16.4. The predicted octanol–water partition coefficient (Wildman–Crippen LogP) is 5.12. The van der Waals surface area contributed by atoms with Crippen molar-refractivity contribution >= 4 is 29.4 Å². The number of benzene rings is 3. The first-order valence-corrected chi connectivity index (χ1v) is 10.8. The molecule has 3 aromatic rings. The first kappa shape index (κ1) is 21.9. The van der Waals surface area contributed by atoms with E-state index >= 15 is 0 Å². The van der Waals surface area contributed by atoms with Gasteiger partial charge in [-0.05, 0) is 42.0 Å². The molecular formula is C26H19ClO7. The van der Waals surface area contributed by atoms with Crippen LogP contribution in [-0.4, -0.2) is 31.1 Å². The fourth-order valence-corrected chi connectivity index (χ4v) is 4.49. The SMILES string of the molecule is COc1cccc(C=C2Oc3c(ccc4c3C(c3ccc(O)c(Cl)c3)CC(=O)O4)C2=O)c1OC. The summed E-state index contributed by atoms with van der Waals surface area (Å²) >= 11 is 6.12. The quantitative estimate of drug-likeness (QED) is 0.316. The van der Waals surface area contributed by atoms with E-state index in [0.717, 1.165) is 0 Å². The highest BCUT2D eigenvalue weighted by Crippen LogP contribution is 2.49. The lowest BCUT2D eigenvalue weighted by molar-refractivity contribution is -0.135. The van der Waals surface area contributed by atoms with E-state index in [0.29, 0.717) is 45.3 Å². The molecule has 1 unspecified atom stereocenters. The number of hydrogen-bond acceptors (Lipinski definition) is 7. The van der Waals surface area contributed by atoms with Crippen LogP contribution in [0.15, 0.2) is 54.3 Å². The zero-order valence-corrected chi connectivity index (χ0v) is 19.0. The maximum Gasteiger partial charge on any atom is 0.312 e. The van der Waals surface area contributed by atoms with Crippen LogP contribution in [0.5, 0.6) is 28.7 Å². The maximum absolute atomic E-state index is 13.2. The summed E-state index contributed by atoms with van der Waals surface area (Å²) in [5.74, 6) is 0.494. The average molecular weight is 479 g/mol. The molecule has 7 nitrogen and oxygen atoms in total. The summed E-state index contributed by atoms with van der Waals surface area (Å²) in [4.78, 5) is 25.5. The third kappa shape index (κ3) is 3.54. The number of hydrogen-bond donors (Lipinski definition) is 1. The molecular weight excluding hydrogens is 460 g/mol. The Hall–Kier alpha value is -3.97. The van der Waals surface area contributed by atoms with Crippen molar-refractivity contribution in [3.63, 3.8) is 0 Å². The number of aromatic hydroxyl groups is 1. The standard InChI is InChI=1S/C26H19ClO7/c1-31-20-5-3-4-14(25(20)32-2)11-21-24(30)15-7-9-19-23(26(15)34-21)16(12-22(29)33-19)13-6-8-18(28)17(27)10-13/h3-11,16,28H,12H2,1-2H3. The monoisotopic (exact) mass is 478 g/mol. The molecule has 0 saturated carbocycles. The van der Waals surface area contributed by atoms with Gasteiger partial charge in [0.25, 0.3) is 0 Å². The van der Waals surface area contributed by atoms with Crippen LogP contribution >= 0.6 is 11.6 Å². The van der Waals surface area contributed by atoms with E-state index in [4.69, 9.17) is 30.5 Å². The van der Waals surface area contributed by atoms with Crippen LogP contribution in [-0.2, 0) is 4.79 Å². The van der Waals surface area contributed by atoms with Gasteiger partial charge in [-0.2, -0.15) is 0 Å². The van der Waals surface area contributed by atoms with Gasteiger partial charge >= 0.3 is 5.97 Å². The van der Waals surface area contributed by atoms with Crippen LogP contribution in [0.3, 0.4) is 0 Å². The summed E-state index contributed by atoms with van der Waals surface area (Å²) in [6.07, 6.45) is 1.63. The molecule has 3 aromatic carbocycles. The number of Topliss-reactive ketones (excluding diaryl/α,β-unsaturated/α-hetero) is 1. The molecule has 2 heterocycles. The lowest BCUT2D eigenvalue weighted by Crippen LogP contribution is -2.21. The number of carbonyl (C=O) groups excluding carboxylic acids is 2. The van der Waals surface area contributed by atoms with Crippen LogP contribution in [0, 0.1) is 0 Å². The number of para-hydroxylation sites is 1. The molecule has 0 bridgehead atoms. The van der Waals surface area contributed by atoms with E-state index in [9.17, 15) is 14.7 Å². The third-order valence-corrected chi connectivity index (χ3v) is 6.18. The molecule has 0 amide bonds. The Morgan fingerprint density at radius 1 is 1.06 bits per heavy atom. The summed E-state index contributed by atoms with van der Waals surface area (Å²) in [7, 11) is 3.05. The molecule has 0 radical (unpaired) electrons. The second-order valence-electron chi connectivity index (χ2n) is 7.82. The van der Waals surface area contributed by atoms with Crippen molar-refractivity contribution in [3.8, 4) is 28.7 Å². The fourth-order valence-electron chi connectivity index (χ4n) is 4.30. The largest absolute Gasteiger partial charge is 0.506 e. The van der Waals surface area contributed by atoms with Crippen molar-refractivity contribution in [3.05, 3.63) is 81.6 Å². The number of rotatable bonds is 4. The number of fused-ring (bicyclic) bond motifs is 3. The fraction of sp³-hybridized carbons (Fsp3) is 0.154. The number of carbonyl (C=O) groups is 2. The molecule has 2 aliphatic heterocycles. The van der Waals surface area contributed by atoms with Gasteiger partial charge in [-0.15, -0.1) is 0 Å². The second kappa shape index (κ2) is 8.43. The van der Waals surface area contributed by atoms with Crippen LogP contribution in [0.4, 0.5) is 0 Å². The average Bonchev–Trinajstić information content (AvgIpc) is 3.15. The number of ether oxygens (including phenoxy) is 4. The Morgan fingerprint density at radius 2 is 1.88 bits per heavy atom. The highest BCUT2D eigenvalue weighted by molar-refractivity contribution is 6.32. The van der Waals surface area contributed by atoms with Crippen molar-refractivity contribution in [2.75, 3.05) is 14.2 Å². The van der Waals surface area contributed by atoms with Crippen LogP contribution in [0.25, 0.3) is 6.08 Å². The zero-order chi connectivity index (χ0) is 24.0. The minimum atomic E-state index is -0.470. The van der Waals surface area contributed by atoms with Gasteiger partial charge in [-0.25, -0.2) is 0 Å². The van der Waals surface area contributed by atoms with E-state index in [1.54, 1.807) is 48.5 Å². The minimum absolute atomic E-state index is 0.0326. The molecule has 8 heteroatoms. The van der Waals surface area contributed by atoms with Crippen molar-refractivity contribution in [2.45, 2.75) is 12.3 Å². The molecule has 0 spiro atoms.